The van der Waals surface area contributed by atoms with Gasteiger partial charge in [0.05, 0.1) is 25.0 Å². The number of tetrazole rings is 1. The molecule has 9 nitrogen and oxygen atoms in total. The summed E-state index contributed by atoms with van der Waals surface area (Å²) in [5.41, 5.74) is 0.998. The Labute approximate surface area is 145 Å². The lowest BCUT2D eigenvalue weighted by Crippen LogP contribution is -2.20. The first-order valence-electron chi connectivity index (χ1n) is 7.92. The number of aromatic nitrogens is 4. The number of carbonyl (C=O) groups is 2. The Balaban J connectivity index is 2.08. The van der Waals surface area contributed by atoms with Gasteiger partial charge in [-0.1, -0.05) is 13.8 Å². The van der Waals surface area contributed by atoms with Crippen molar-refractivity contribution in [1.82, 2.24) is 20.2 Å². The average molecular weight is 346 g/mol. The number of amides is 2. The van der Waals surface area contributed by atoms with Crippen molar-refractivity contribution in [3.63, 3.8) is 0 Å². The van der Waals surface area contributed by atoms with Crippen molar-refractivity contribution >= 4 is 23.2 Å². The van der Waals surface area contributed by atoms with Crippen LogP contribution in [0.25, 0.3) is 0 Å². The molecule has 0 saturated heterocycles. The van der Waals surface area contributed by atoms with Gasteiger partial charge in [0.1, 0.15) is 11.6 Å². The second-order valence-corrected chi connectivity index (χ2v) is 5.80. The largest absolute Gasteiger partial charge is 0.497 e. The van der Waals surface area contributed by atoms with E-state index in [1.807, 2.05) is 0 Å². The Morgan fingerprint density at radius 3 is 2.60 bits per heavy atom. The number of aryl methyl sites for hydroxylation is 2. The topological polar surface area (TPSA) is 111 Å². The number of nitrogens with one attached hydrogen (secondary N) is 2. The minimum Gasteiger partial charge on any atom is -0.497 e. The molecule has 9 heteroatoms. The normalized spacial score (nSPS) is 10.6. The lowest BCUT2D eigenvalue weighted by atomic mass is 10.2. The highest BCUT2D eigenvalue weighted by Gasteiger charge is 2.13. The van der Waals surface area contributed by atoms with Gasteiger partial charge in [0.25, 0.3) is 0 Å². The molecule has 0 unspecified atom stereocenters. The lowest BCUT2D eigenvalue weighted by molar-refractivity contribution is -0.119. The average Bonchev–Trinajstić information content (AvgIpc) is 2.99. The van der Waals surface area contributed by atoms with Crippen LogP contribution in [0.5, 0.6) is 5.75 Å². The van der Waals surface area contributed by atoms with E-state index in [1.54, 1.807) is 43.7 Å². The van der Waals surface area contributed by atoms with Gasteiger partial charge in [-0.05, 0) is 29.5 Å². The first-order chi connectivity index (χ1) is 11.9. The van der Waals surface area contributed by atoms with Crippen LogP contribution in [0.1, 0.15) is 26.1 Å². The number of hydrogen-bond donors (Lipinski definition) is 2. The van der Waals surface area contributed by atoms with Crippen LogP contribution in [0.15, 0.2) is 18.2 Å². The van der Waals surface area contributed by atoms with E-state index in [1.165, 1.54) is 7.11 Å². The Hall–Kier alpha value is -2.97. The molecule has 2 rings (SSSR count). The van der Waals surface area contributed by atoms with Crippen LogP contribution in [0.2, 0.25) is 0 Å². The standard InChI is InChI=1S/C16H22N6O3/c1-10(2)16(24)18-13-6-5-12(25-4)9-14(13)17-15(23)7-8-22-11(3)19-20-21-22/h5-6,9-10H,7-8H2,1-4H3,(H,17,23)(H,18,24). The molecule has 0 saturated carbocycles. The Morgan fingerprint density at radius 1 is 1.24 bits per heavy atom. The summed E-state index contributed by atoms with van der Waals surface area (Å²) < 4.78 is 6.73. The van der Waals surface area contributed by atoms with Crippen LogP contribution < -0.4 is 15.4 Å². The summed E-state index contributed by atoms with van der Waals surface area (Å²) in [4.78, 5) is 24.2. The summed E-state index contributed by atoms with van der Waals surface area (Å²) >= 11 is 0. The lowest BCUT2D eigenvalue weighted by Gasteiger charge is -2.15. The Kier molecular flexibility index (Phi) is 6.04. The maximum absolute atomic E-state index is 12.2. The van der Waals surface area contributed by atoms with Gasteiger partial charge < -0.3 is 15.4 Å². The first kappa shape index (κ1) is 18.4. The van der Waals surface area contributed by atoms with Crippen LogP contribution in [-0.2, 0) is 16.1 Å². The zero-order valence-electron chi connectivity index (χ0n) is 14.7. The molecule has 2 aromatic rings. The fourth-order valence-electron chi connectivity index (χ4n) is 2.02. The van der Waals surface area contributed by atoms with Crippen molar-refractivity contribution in [3.05, 3.63) is 24.0 Å². The fourth-order valence-corrected chi connectivity index (χ4v) is 2.02. The highest BCUT2D eigenvalue weighted by Crippen LogP contribution is 2.27. The maximum Gasteiger partial charge on any atom is 0.226 e. The van der Waals surface area contributed by atoms with Crippen molar-refractivity contribution in [2.24, 2.45) is 5.92 Å². The van der Waals surface area contributed by atoms with E-state index in [-0.39, 0.29) is 24.2 Å². The van der Waals surface area contributed by atoms with Gasteiger partial charge in [-0.2, -0.15) is 0 Å². The summed E-state index contributed by atoms with van der Waals surface area (Å²) in [6.07, 6.45) is 0.195. The van der Waals surface area contributed by atoms with Crippen molar-refractivity contribution in [2.45, 2.75) is 33.7 Å². The third kappa shape index (κ3) is 5.00. The van der Waals surface area contributed by atoms with E-state index in [4.69, 9.17) is 4.74 Å². The summed E-state index contributed by atoms with van der Waals surface area (Å²) in [5.74, 6) is 0.690. The molecule has 0 atom stereocenters. The molecule has 0 fully saturated rings. The van der Waals surface area contributed by atoms with Gasteiger partial charge in [-0.3, -0.25) is 9.59 Å². The number of anilines is 2. The molecule has 0 radical (unpaired) electrons. The van der Waals surface area contributed by atoms with Crippen molar-refractivity contribution in [2.75, 3.05) is 17.7 Å². The molecule has 1 aromatic heterocycles. The minimum absolute atomic E-state index is 0.134. The molecule has 0 aliphatic heterocycles. The van der Waals surface area contributed by atoms with Gasteiger partial charge >= 0.3 is 0 Å². The van der Waals surface area contributed by atoms with E-state index in [0.29, 0.717) is 29.5 Å². The molecule has 1 heterocycles. The predicted molar refractivity (Wildman–Crippen MR) is 92.3 cm³/mol. The predicted octanol–water partition coefficient (Wildman–Crippen LogP) is 1.61. The van der Waals surface area contributed by atoms with Crippen LogP contribution in [-0.4, -0.2) is 39.1 Å². The fraction of sp³-hybridized carbons (Fsp3) is 0.438. The highest BCUT2D eigenvalue weighted by molar-refractivity contribution is 6.00. The molecule has 0 aliphatic rings. The number of benzene rings is 1. The van der Waals surface area contributed by atoms with E-state index >= 15 is 0 Å². The molecule has 2 amide bonds. The molecule has 1 aromatic carbocycles. The second-order valence-electron chi connectivity index (χ2n) is 5.80. The van der Waals surface area contributed by atoms with Crippen molar-refractivity contribution in [3.8, 4) is 5.75 Å². The van der Waals surface area contributed by atoms with Crippen LogP contribution >= 0.6 is 0 Å². The Morgan fingerprint density at radius 2 is 2.00 bits per heavy atom. The number of hydrogen-bond acceptors (Lipinski definition) is 6. The van der Waals surface area contributed by atoms with Gasteiger partial charge in [0.2, 0.25) is 11.8 Å². The second kappa shape index (κ2) is 8.22. The maximum atomic E-state index is 12.2. The monoisotopic (exact) mass is 346 g/mol. The van der Waals surface area contributed by atoms with Crippen LogP contribution in [0.4, 0.5) is 11.4 Å². The van der Waals surface area contributed by atoms with E-state index in [0.717, 1.165) is 0 Å². The Bertz CT molecular complexity index is 756. The molecule has 134 valence electrons. The molecule has 25 heavy (non-hydrogen) atoms. The summed E-state index contributed by atoms with van der Waals surface area (Å²) in [7, 11) is 1.54. The number of ether oxygens (including phenoxy) is 1. The zero-order valence-corrected chi connectivity index (χ0v) is 14.7. The molecule has 0 bridgehead atoms. The van der Waals surface area contributed by atoms with E-state index < -0.39 is 0 Å². The minimum atomic E-state index is -0.219. The van der Waals surface area contributed by atoms with Gasteiger partial charge in [-0.25, -0.2) is 4.68 Å². The van der Waals surface area contributed by atoms with E-state index in [9.17, 15) is 9.59 Å². The number of rotatable bonds is 7. The first-order valence-corrected chi connectivity index (χ1v) is 7.92. The number of nitrogens with zero attached hydrogens (tertiary/aromatic N) is 4. The van der Waals surface area contributed by atoms with Crippen LogP contribution in [0.3, 0.4) is 0 Å². The molecule has 0 aliphatic carbocycles. The number of methoxy groups -OCH3 is 1. The van der Waals surface area contributed by atoms with Gasteiger partial charge in [0, 0.05) is 18.4 Å². The van der Waals surface area contributed by atoms with Crippen molar-refractivity contribution in [1.29, 1.82) is 0 Å². The molecular formula is C16H22N6O3. The summed E-state index contributed by atoms with van der Waals surface area (Å²) in [6.45, 7) is 5.72. The third-order valence-electron chi connectivity index (χ3n) is 3.54. The molecule has 2 N–H and O–H groups in total. The van der Waals surface area contributed by atoms with Gasteiger partial charge in [0.15, 0.2) is 0 Å². The number of carbonyl (C=O) groups excluding carboxylic acids is 2. The SMILES string of the molecule is COc1ccc(NC(=O)C(C)C)c(NC(=O)CCn2nnnc2C)c1. The van der Waals surface area contributed by atoms with Gasteiger partial charge in [-0.15, -0.1) is 5.10 Å². The summed E-state index contributed by atoms with van der Waals surface area (Å²) in [6, 6.07) is 5.08. The zero-order chi connectivity index (χ0) is 18.4. The highest BCUT2D eigenvalue weighted by atomic mass is 16.5. The van der Waals surface area contributed by atoms with Crippen LogP contribution in [0, 0.1) is 12.8 Å². The molecular weight excluding hydrogens is 324 g/mol. The van der Waals surface area contributed by atoms with E-state index in [2.05, 4.69) is 26.2 Å². The quantitative estimate of drug-likeness (QED) is 0.788. The molecule has 0 spiro atoms. The van der Waals surface area contributed by atoms with Crippen molar-refractivity contribution < 1.29 is 14.3 Å². The third-order valence-corrected chi connectivity index (χ3v) is 3.54. The smallest absolute Gasteiger partial charge is 0.226 e. The summed E-state index contributed by atoms with van der Waals surface area (Å²) in [5, 5.41) is 16.7.